The number of rotatable bonds is 5. The third kappa shape index (κ3) is 4.72. The molecule has 1 N–H and O–H groups in total. The van der Waals surface area contributed by atoms with Crippen LogP contribution in [0.4, 0.5) is 11.4 Å². The van der Waals surface area contributed by atoms with Crippen molar-refractivity contribution in [2.24, 2.45) is 0 Å². The van der Waals surface area contributed by atoms with Crippen LogP contribution in [0.25, 0.3) is 0 Å². The van der Waals surface area contributed by atoms with Crippen LogP contribution in [0.15, 0.2) is 60.7 Å². The molecule has 0 spiro atoms. The predicted molar refractivity (Wildman–Crippen MR) is 134 cm³/mol. The van der Waals surface area contributed by atoms with Crippen molar-refractivity contribution in [3.63, 3.8) is 0 Å². The molecule has 3 aromatic carbocycles. The fourth-order valence-corrected chi connectivity index (χ4v) is 4.63. The maximum Gasteiger partial charge on any atom is 0.265 e. The summed E-state index contributed by atoms with van der Waals surface area (Å²) in [5.41, 5.74) is 5.11. The van der Waals surface area contributed by atoms with Gasteiger partial charge in [-0.2, -0.15) is 0 Å². The lowest BCUT2D eigenvalue weighted by molar-refractivity contribution is -0.125. The van der Waals surface area contributed by atoms with E-state index in [1.807, 2.05) is 49.4 Å². The Morgan fingerprint density at radius 3 is 2.74 bits per heavy atom. The Morgan fingerprint density at radius 1 is 1.06 bits per heavy atom. The first-order valence-corrected chi connectivity index (χ1v) is 11.8. The summed E-state index contributed by atoms with van der Waals surface area (Å²) in [6.07, 6.45) is 0.758. The predicted octanol–water partition coefficient (Wildman–Crippen LogP) is 3.89. The fourth-order valence-electron chi connectivity index (χ4n) is 4.46. The quantitative estimate of drug-likeness (QED) is 0.589. The molecule has 0 saturated heterocycles. The Labute approximate surface area is 208 Å². The van der Waals surface area contributed by atoms with Crippen molar-refractivity contribution >= 4 is 40.7 Å². The van der Waals surface area contributed by atoms with Crippen LogP contribution >= 0.6 is 11.6 Å². The van der Waals surface area contributed by atoms with Crippen LogP contribution in [0.2, 0.25) is 5.02 Å². The third-order valence-corrected chi connectivity index (χ3v) is 6.44. The molecular weight excluding hydrogens is 466 g/mol. The van der Waals surface area contributed by atoms with Crippen LogP contribution < -0.4 is 19.9 Å². The highest BCUT2D eigenvalue weighted by Crippen LogP contribution is 2.34. The van der Waals surface area contributed by atoms with E-state index in [2.05, 4.69) is 5.32 Å². The van der Waals surface area contributed by atoms with Crippen LogP contribution in [0.1, 0.15) is 27.0 Å². The van der Waals surface area contributed by atoms with Gasteiger partial charge in [0, 0.05) is 29.4 Å². The number of fused-ring (bicyclic) bond motifs is 2. The largest absolute Gasteiger partial charge is 0.482 e. The van der Waals surface area contributed by atoms with Gasteiger partial charge in [0.2, 0.25) is 5.91 Å². The number of nitrogens with zero attached hydrogens (tertiary/aromatic N) is 2. The lowest BCUT2D eigenvalue weighted by Gasteiger charge is -2.29. The highest BCUT2D eigenvalue weighted by Gasteiger charge is 2.28. The minimum Gasteiger partial charge on any atom is -0.482 e. The summed E-state index contributed by atoms with van der Waals surface area (Å²) in [6.45, 7) is 2.67. The summed E-state index contributed by atoms with van der Waals surface area (Å²) in [7, 11) is 0. The van der Waals surface area contributed by atoms with Gasteiger partial charge in [0.25, 0.3) is 11.8 Å². The molecule has 3 amide bonds. The normalized spacial score (nSPS) is 14.3. The second-order valence-corrected chi connectivity index (χ2v) is 9.13. The topological polar surface area (TPSA) is 79.0 Å². The van der Waals surface area contributed by atoms with Gasteiger partial charge in [-0.05, 0) is 60.9 Å². The van der Waals surface area contributed by atoms with Crippen molar-refractivity contribution in [1.82, 2.24) is 5.32 Å². The summed E-state index contributed by atoms with van der Waals surface area (Å²) < 4.78 is 5.42. The number of hydrogen-bond acceptors (Lipinski definition) is 4. The van der Waals surface area contributed by atoms with Gasteiger partial charge in [0.05, 0.1) is 5.69 Å². The van der Waals surface area contributed by atoms with Crippen LogP contribution in [0.5, 0.6) is 5.75 Å². The number of amides is 3. The summed E-state index contributed by atoms with van der Waals surface area (Å²) >= 11 is 6.07. The molecule has 0 aromatic heterocycles. The van der Waals surface area contributed by atoms with Crippen LogP contribution in [-0.2, 0) is 22.6 Å². The van der Waals surface area contributed by atoms with E-state index >= 15 is 0 Å². The molecule has 0 bridgehead atoms. The van der Waals surface area contributed by atoms with E-state index in [4.69, 9.17) is 16.3 Å². The van der Waals surface area contributed by atoms with E-state index in [1.165, 1.54) is 4.90 Å². The lowest BCUT2D eigenvalue weighted by Crippen LogP contribution is -2.45. The molecule has 2 heterocycles. The third-order valence-electron chi connectivity index (χ3n) is 6.21. The minimum absolute atomic E-state index is 0.0101. The smallest absolute Gasteiger partial charge is 0.265 e. The molecular formula is C27H24ClN3O4. The second-order valence-electron chi connectivity index (χ2n) is 8.70. The zero-order chi connectivity index (χ0) is 24.5. The Bertz CT molecular complexity index is 1340. The molecule has 7 nitrogen and oxygen atoms in total. The van der Waals surface area contributed by atoms with E-state index < -0.39 is 0 Å². The van der Waals surface area contributed by atoms with Gasteiger partial charge < -0.3 is 15.0 Å². The van der Waals surface area contributed by atoms with E-state index in [0.717, 1.165) is 28.8 Å². The van der Waals surface area contributed by atoms with Gasteiger partial charge in [0.1, 0.15) is 12.3 Å². The first-order valence-electron chi connectivity index (χ1n) is 11.4. The molecule has 0 saturated carbocycles. The standard InChI is InChI=1S/C27H24ClN3O4/c1-17-3-2-4-20(11-17)27(34)30-10-9-19-12-18(5-7-22(19)30)14-29-25(32)15-31-23-13-21(28)6-8-24(23)35-16-26(31)33/h2-8,11-13H,9-10,14-16H2,1H3,(H,29,32). The molecule has 0 aliphatic carbocycles. The molecule has 0 atom stereocenters. The molecule has 2 aliphatic heterocycles. The average Bonchev–Trinajstić information content (AvgIpc) is 3.27. The van der Waals surface area contributed by atoms with Gasteiger partial charge in [0.15, 0.2) is 6.61 Å². The Balaban J connectivity index is 1.23. The number of carbonyl (C=O) groups excluding carboxylic acids is 3. The fraction of sp³-hybridized carbons (Fsp3) is 0.222. The number of ether oxygens (including phenoxy) is 1. The number of halogens is 1. The Kier molecular flexibility index (Phi) is 6.17. The average molecular weight is 490 g/mol. The van der Waals surface area contributed by atoms with Gasteiger partial charge in [-0.25, -0.2) is 0 Å². The summed E-state index contributed by atoms with van der Waals surface area (Å²) in [4.78, 5) is 41.2. The highest BCUT2D eigenvalue weighted by atomic mass is 35.5. The van der Waals surface area contributed by atoms with E-state index in [1.54, 1.807) is 23.1 Å². The zero-order valence-electron chi connectivity index (χ0n) is 19.2. The molecule has 178 valence electrons. The number of benzene rings is 3. The monoisotopic (exact) mass is 489 g/mol. The number of anilines is 2. The zero-order valence-corrected chi connectivity index (χ0v) is 20.0. The SMILES string of the molecule is Cc1cccc(C(=O)N2CCc3cc(CNC(=O)CN4C(=O)COc5ccc(Cl)cc54)ccc32)c1. The lowest BCUT2D eigenvalue weighted by atomic mass is 10.1. The number of hydrogen-bond donors (Lipinski definition) is 1. The molecule has 0 unspecified atom stereocenters. The van der Waals surface area contributed by atoms with Crippen LogP contribution in [0.3, 0.4) is 0 Å². The molecule has 0 radical (unpaired) electrons. The molecule has 0 fully saturated rings. The highest BCUT2D eigenvalue weighted by molar-refractivity contribution is 6.31. The maximum atomic E-state index is 13.0. The van der Waals surface area contributed by atoms with Crippen molar-refractivity contribution in [3.05, 3.63) is 87.9 Å². The van der Waals surface area contributed by atoms with E-state index in [9.17, 15) is 14.4 Å². The van der Waals surface area contributed by atoms with Crippen LogP contribution in [-0.4, -0.2) is 37.4 Å². The summed E-state index contributed by atoms with van der Waals surface area (Å²) in [5.74, 6) is -0.0806. The Hall–Kier alpha value is -3.84. The van der Waals surface area contributed by atoms with E-state index in [-0.39, 0.29) is 30.9 Å². The second kappa shape index (κ2) is 9.43. The molecule has 2 aliphatic rings. The van der Waals surface area contributed by atoms with Gasteiger partial charge in [-0.3, -0.25) is 19.3 Å². The molecule has 3 aromatic rings. The first-order chi connectivity index (χ1) is 16.9. The van der Waals surface area contributed by atoms with Crippen molar-refractivity contribution in [1.29, 1.82) is 0 Å². The summed E-state index contributed by atoms with van der Waals surface area (Å²) in [5, 5.41) is 3.34. The van der Waals surface area contributed by atoms with Gasteiger partial charge in [-0.15, -0.1) is 0 Å². The molecule has 8 heteroatoms. The molecule has 5 rings (SSSR count). The number of aryl methyl sites for hydroxylation is 1. The number of carbonyl (C=O) groups is 3. The first kappa shape index (κ1) is 22.9. The Morgan fingerprint density at radius 2 is 1.91 bits per heavy atom. The van der Waals surface area contributed by atoms with E-state index in [0.29, 0.717) is 35.1 Å². The minimum atomic E-state index is -0.300. The molecule has 35 heavy (non-hydrogen) atoms. The summed E-state index contributed by atoms with van der Waals surface area (Å²) in [6, 6.07) is 18.4. The van der Waals surface area contributed by atoms with Gasteiger partial charge in [-0.1, -0.05) is 41.4 Å². The van der Waals surface area contributed by atoms with Crippen molar-refractivity contribution < 1.29 is 19.1 Å². The van der Waals surface area contributed by atoms with Crippen LogP contribution in [0, 0.1) is 6.92 Å². The van der Waals surface area contributed by atoms with Gasteiger partial charge >= 0.3 is 0 Å². The van der Waals surface area contributed by atoms with Crippen molar-refractivity contribution in [3.8, 4) is 5.75 Å². The van der Waals surface area contributed by atoms with Crippen molar-refractivity contribution in [2.75, 3.05) is 29.5 Å². The maximum absolute atomic E-state index is 13.0. The number of nitrogens with one attached hydrogen (secondary N) is 1. The van der Waals surface area contributed by atoms with Crippen molar-refractivity contribution in [2.45, 2.75) is 19.9 Å².